The minimum Gasteiger partial charge on any atom is -0.494 e. The smallest absolute Gasteiger partial charge is 0.227 e. The third-order valence-electron chi connectivity index (χ3n) is 5.90. The molecule has 0 radical (unpaired) electrons. The monoisotopic (exact) mass is 482 g/mol. The van der Waals surface area contributed by atoms with Crippen LogP contribution in [-0.4, -0.2) is 93.8 Å². The van der Waals surface area contributed by atoms with Gasteiger partial charge in [-0.2, -0.15) is 0 Å². The van der Waals surface area contributed by atoms with Crippen LogP contribution in [0, 0.1) is 0 Å². The normalized spacial score (nSPS) is 11.8. The number of hydrogen-bond donors (Lipinski definition) is 0. The second-order valence-corrected chi connectivity index (χ2v) is 9.49. The first-order valence-corrected chi connectivity index (χ1v) is 12.7. The Morgan fingerprint density at radius 1 is 0.743 bits per heavy atom. The maximum Gasteiger partial charge on any atom is 0.227 e. The van der Waals surface area contributed by atoms with E-state index in [9.17, 15) is 0 Å². The Balaban J connectivity index is 1.46. The van der Waals surface area contributed by atoms with E-state index in [1.807, 2.05) is 42.5 Å². The molecule has 7 nitrogen and oxygen atoms in total. The second-order valence-electron chi connectivity index (χ2n) is 9.49. The van der Waals surface area contributed by atoms with Crippen molar-refractivity contribution in [1.82, 2.24) is 19.7 Å². The zero-order valence-electron chi connectivity index (χ0n) is 22.1. The summed E-state index contributed by atoms with van der Waals surface area (Å²) in [5.74, 6) is 2.28. The molecule has 0 saturated carbocycles. The van der Waals surface area contributed by atoms with Gasteiger partial charge in [0.05, 0.1) is 13.2 Å². The summed E-state index contributed by atoms with van der Waals surface area (Å²) < 4.78 is 17.9. The van der Waals surface area contributed by atoms with Gasteiger partial charge in [-0.3, -0.25) is 0 Å². The molecule has 3 rings (SSSR count). The van der Waals surface area contributed by atoms with Gasteiger partial charge in [-0.25, -0.2) is 4.98 Å². The van der Waals surface area contributed by atoms with Gasteiger partial charge in [0.15, 0.2) is 5.58 Å². The largest absolute Gasteiger partial charge is 0.494 e. The Labute approximate surface area is 210 Å². The van der Waals surface area contributed by atoms with Crippen molar-refractivity contribution in [3.8, 4) is 23.0 Å². The van der Waals surface area contributed by atoms with Gasteiger partial charge in [0, 0.05) is 37.8 Å². The van der Waals surface area contributed by atoms with Crippen molar-refractivity contribution >= 4 is 11.1 Å². The molecular weight excluding hydrogens is 440 g/mol. The predicted molar refractivity (Wildman–Crippen MR) is 144 cm³/mol. The Morgan fingerprint density at radius 2 is 1.37 bits per heavy atom. The number of hydrogen-bond acceptors (Lipinski definition) is 7. The van der Waals surface area contributed by atoms with Crippen molar-refractivity contribution in [2.45, 2.75) is 26.2 Å². The molecule has 192 valence electrons. The molecule has 1 heterocycles. The van der Waals surface area contributed by atoms with Crippen molar-refractivity contribution in [1.29, 1.82) is 0 Å². The van der Waals surface area contributed by atoms with Crippen LogP contribution >= 0.6 is 0 Å². The molecule has 0 amide bonds. The fourth-order valence-corrected chi connectivity index (χ4v) is 3.84. The van der Waals surface area contributed by atoms with Crippen molar-refractivity contribution in [2.24, 2.45) is 0 Å². The van der Waals surface area contributed by atoms with E-state index in [0.29, 0.717) is 19.1 Å². The molecule has 0 bridgehead atoms. The fraction of sp³-hybridized carbons (Fsp3) is 0.536. The number of benzene rings is 2. The fourth-order valence-electron chi connectivity index (χ4n) is 3.84. The van der Waals surface area contributed by atoms with E-state index < -0.39 is 0 Å². The summed E-state index contributed by atoms with van der Waals surface area (Å²) in [5.41, 5.74) is 2.49. The Bertz CT molecular complexity index is 1000. The highest BCUT2D eigenvalue weighted by molar-refractivity contribution is 5.77. The first kappa shape index (κ1) is 27.0. The van der Waals surface area contributed by atoms with Gasteiger partial charge in [-0.15, -0.1) is 0 Å². The molecule has 1 aromatic heterocycles. The second kappa shape index (κ2) is 14.1. The van der Waals surface area contributed by atoms with E-state index in [4.69, 9.17) is 13.9 Å². The van der Waals surface area contributed by atoms with Gasteiger partial charge < -0.3 is 28.6 Å². The van der Waals surface area contributed by atoms with Gasteiger partial charge >= 0.3 is 0 Å². The summed E-state index contributed by atoms with van der Waals surface area (Å²) >= 11 is 0. The molecule has 2 aromatic carbocycles. The number of likely N-dealkylation sites (N-methyl/N-ethyl adjacent to an activating group) is 2. The number of ether oxygens (including phenoxy) is 2. The molecule has 0 aliphatic rings. The molecule has 0 aliphatic heterocycles. The van der Waals surface area contributed by atoms with E-state index in [1.165, 1.54) is 6.42 Å². The van der Waals surface area contributed by atoms with Gasteiger partial charge in [-0.1, -0.05) is 6.92 Å². The number of fused-ring (bicyclic) bond motifs is 1. The molecule has 0 atom stereocenters. The summed E-state index contributed by atoms with van der Waals surface area (Å²) in [6.07, 6.45) is 3.17. The molecule has 7 heteroatoms. The molecule has 35 heavy (non-hydrogen) atoms. The lowest BCUT2D eigenvalue weighted by Gasteiger charge is -2.19. The van der Waals surface area contributed by atoms with Crippen LogP contribution in [0.2, 0.25) is 0 Å². The number of oxazole rings is 1. The lowest BCUT2D eigenvalue weighted by Crippen LogP contribution is -2.29. The summed E-state index contributed by atoms with van der Waals surface area (Å²) in [6.45, 7) is 8.91. The lowest BCUT2D eigenvalue weighted by molar-refractivity contribution is 0.245. The molecular formula is C28H42N4O3. The van der Waals surface area contributed by atoms with E-state index in [-0.39, 0.29) is 0 Å². The van der Waals surface area contributed by atoms with Gasteiger partial charge in [0.25, 0.3) is 0 Å². The van der Waals surface area contributed by atoms with Gasteiger partial charge in [0.2, 0.25) is 5.89 Å². The third-order valence-corrected chi connectivity index (χ3v) is 5.90. The summed E-state index contributed by atoms with van der Waals surface area (Å²) in [4.78, 5) is 11.5. The summed E-state index contributed by atoms with van der Waals surface area (Å²) in [7, 11) is 8.51. The average molecular weight is 483 g/mol. The SMILES string of the molecule is CCCN(C)CCCOc1ccc2nc(-c3ccc(OCCCN(C)CCN(C)C)cc3)oc2c1. The maximum absolute atomic E-state index is 6.03. The topological polar surface area (TPSA) is 54.2 Å². The van der Waals surface area contributed by atoms with Crippen LogP contribution in [0.3, 0.4) is 0 Å². The Hall–Kier alpha value is -2.61. The third kappa shape index (κ3) is 9.17. The minimum atomic E-state index is 0.604. The first-order chi connectivity index (χ1) is 16.9. The zero-order valence-corrected chi connectivity index (χ0v) is 22.1. The molecule has 0 spiro atoms. The number of nitrogens with zero attached hydrogens (tertiary/aromatic N) is 4. The van der Waals surface area contributed by atoms with Gasteiger partial charge in [-0.05, 0) is 90.4 Å². The van der Waals surface area contributed by atoms with E-state index in [2.05, 4.69) is 54.8 Å². The highest BCUT2D eigenvalue weighted by Crippen LogP contribution is 2.28. The number of aromatic nitrogens is 1. The molecule has 0 N–H and O–H groups in total. The quantitative estimate of drug-likeness (QED) is 0.270. The molecule has 0 aliphatic carbocycles. The van der Waals surface area contributed by atoms with Crippen LogP contribution in [0.1, 0.15) is 26.2 Å². The van der Waals surface area contributed by atoms with Crippen molar-refractivity contribution in [2.75, 3.05) is 74.1 Å². The van der Waals surface area contributed by atoms with Crippen molar-refractivity contribution in [3.63, 3.8) is 0 Å². The van der Waals surface area contributed by atoms with E-state index >= 15 is 0 Å². The number of rotatable bonds is 16. The van der Waals surface area contributed by atoms with Crippen LogP contribution in [0.15, 0.2) is 46.9 Å². The Morgan fingerprint density at radius 3 is 2.03 bits per heavy atom. The van der Waals surface area contributed by atoms with Crippen LogP contribution < -0.4 is 9.47 Å². The molecule has 3 aromatic rings. The molecule has 0 unspecified atom stereocenters. The minimum absolute atomic E-state index is 0.604. The van der Waals surface area contributed by atoms with Crippen LogP contribution in [0.25, 0.3) is 22.6 Å². The van der Waals surface area contributed by atoms with Crippen LogP contribution in [-0.2, 0) is 0 Å². The molecule has 0 fully saturated rings. The van der Waals surface area contributed by atoms with E-state index in [0.717, 1.165) is 73.7 Å². The predicted octanol–water partition coefficient (Wildman–Crippen LogP) is 4.87. The van der Waals surface area contributed by atoms with Gasteiger partial charge in [0.1, 0.15) is 17.0 Å². The highest BCUT2D eigenvalue weighted by Gasteiger charge is 2.10. The van der Waals surface area contributed by atoms with E-state index in [1.54, 1.807) is 0 Å². The lowest BCUT2D eigenvalue weighted by atomic mass is 10.2. The highest BCUT2D eigenvalue weighted by atomic mass is 16.5. The summed E-state index contributed by atoms with van der Waals surface area (Å²) in [5, 5.41) is 0. The first-order valence-electron chi connectivity index (χ1n) is 12.7. The van der Waals surface area contributed by atoms with Crippen molar-refractivity contribution < 1.29 is 13.9 Å². The maximum atomic E-state index is 6.03. The van der Waals surface area contributed by atoms with Crippen LogP contribution in [0.4, 0.5) is 0 Å². The van der Waals surface area contributed by atoms with Crippen LogP contribution in [0.5, 0.6) is 11.5 Å². The van der Waals surface area contributed by atoms with Crippen molar-refractivity contribution in [3.05, 3.63) is 42.5 Å². The summed E-state index contributed by atoms with van der Waals surface area (Å²) in [6, 6.07) is 13.8. The zero-order chi connectivity index (χ0) is 25.0. The Kier molecular flexibility index (Phi) is 10.8. The average Bonchev–Trinajstić information content (AvgIpc) is 3.27. The standard InChI is InChI=1S/C28H42N4O3/c1-6-15-31(4)16-7-21-34-25-13-14-26-27(22-25)35-28(29-26)23-9-11-24(12-10-23)33-20-8-17-32(5)19-18-30(2)3/h9-14,22H,6-8,15-21H2,1-5H3. The molecule has 0 saturated heterocycles.